The summed E-state index contributed by atoms with van der Waals surface area (Å²) in [4.78, 5) is 0. The Morgan fingerprint density at radius 1 is 1.32 bits per heavy atom. The minimum atomic E-state index is -4.53. The van der Waals surface area contributed by atoms with Gasteiger partial charge in [0.2, 0.25) is 0 Å². The number of rotatable bonds is 2. The summed E-state index contributed by atoms with van der Waals surface area (Å²) in [5.74, 6) is 0.256. The number of hydrogen-bond acceptors (Lipinski definition) is 3. The SMILES string of the molecule is N#Cc1cc(OC2CCCC2N)ccc1C(F)(F)F. The minimum absolute atomic E-state index is 0.104. The maximum Gasteiger partial charge on any atom is 0.417 e. The molecule has 0 bridgehead atoms. The van der Waals surface area contributed by atoms with Crippen LogP contribution in [0.5, 0.6) is 5.75 Å². The lowest BCUT2D eigenvalue weighted by atomic mass is 10.1. The van der Waals surface area contributed by atoms with E-state index in [-0.39, 0.29) is 17.9 Å². The van der Waals surface area contributed by atoms with Crippen molar-refractivity contribution >= 4 is 0 Å². The Morgan fingerprint density at radius 2 is 2.05 bits per heavy atom. The smallest absolute Gasteiger partial charge is 0.417 e. The number of halogens is 3. The molecule has 0 heterocycles. The summed E-state index contributed by atoms with van der Waals surface area (Å²) in [5, 5.41) is 8.79. The van der Waals surface area contributed by atoms with Crippen LogP contribution in [0.15, 0.2) is 18.2 Å². The molecule has 1 saturated carbocycles. The number of alkyl halides is 3. The Hall–Kier alpha value is -1.74. The first-order chi connectivity index (χ1) is 8.91. The lowest BCUT2D eigenvalue weighted by Crippen LogP contribution is -2.33. The molecule has 1 aromatic rings. The third-order valence-corrected chi connectivity index (χ3v) is 3.21. The van der Waals surface area contributed by atoms with Crippen molar-refractivity contribution in [1.29, 1.82) is 5.26 Å². The molecule has 2 atom stereocenters. The maximum atomic E-state index is 12.6. The van der Waals surface area contributed by atoms with Gasteiger partial charge >= 0.3 is 6.18 Å². The molecule has 2 rings (SSSR count). The maximum absolute atomic E-state index is 12.6. The van der Waals surface area contributed by atoms with Crippen molar-refractivity contribution in [3.63, 3.8) is 0 Å². The Kier molecular flexibility index (Phi) is 3.67. The predicted octanol–water partition coefficient (Wildman–Crippen LogP) is 2.84. The van der Waals surface area contributed by atoms with Gasteiger partial charge in [-0.3, -0.25) is 0 Å². The predicted molar refractivity (Wildman–Crippen MR) is 62.4 cm³/mol. The zero-order valence-electron chi connectivity index (χ0n) is 10.1. The van der Waals surface area contributed by atoms with E-state index in [2.05, 4.69) is 0 Å². The number of nitrogens with zero attached hydrogens (tertiary/aromatic N) is 1. The first-order valence-electron chi connectivity index (χ1n) is 5.95. The van der Waals surface area contributed by atoms with Gasteiger partial charge in [-0.2, -0.15) is 18.4 Å². The first kappa shape index (κ1) is 13.7. The van der Waals surface area contributed by atoms with Crippen LogP contribution in [0.25, 0.3) is 0 Å². The van der Waals surface area contributed by atoms with Crippen LogP contribution in [0, 0.1) is 11.3 Å². The van der Waals surface area contributed by atoms with Gasteiger partial charge in [-0.15, -0.1) is 0 Å². The van der Waals surface area contributed by atoms with Crippen LogP contribution in [-0.2, 0) is 6.18 Å². The lowest BCUT2D eigenvalue weighted by molar-refractivity contribution is -0.137. The minimum Gasteiger partial charge on any atom is -0.489 e. The van der Waals surface area contributed by atoms with Gasteiger partial charge < -0.3 is 10.5 Å². The third kappa shape index (κ3) is 2.99. The van der Waals surface area contributed by atoms with Crippen LogP contribution in [-0.4, -0.2) is 12.1 Å². The zero-order chi connectivity index (χ0) is 14.0. The van der Waals surface area contributed by atoms with E-state index < -0.39 is 17.3 Å². The van der Waals surface area contributed by atoms with Crippen molar-refractivity contribution in [2.75, 3.05) is 0 Å². The molecule has 2 unspecified atom stereocenters. The van der Waals surface area contributed by atoms with Gasteiger partial charge in [-0.05, 0) is 37.5 Å². The number of hydrogen-bond donors (Lipinski definition) is 1. The van der Waals surface area contributed by atoms with Gasteiger partial charge in [0.25, 0.3) is 0 Å². The molecule has 102 valence electrons. The first-order valence-corrected chi connectivity index (χ1v) is 5.95. The topological polar surface area (TPSA) is 59.0 Å². The average Bonchev–Trinajstić information content (AvgIpc) is 2.73. The molecule has 6 heteroatoms. The number of nitriles is 1. The highest BCUT2D eigenvalue weighted by molar-refractivity contribution is 5.44. The molecule has 0 saturated heterocycles. The molecule has 1 aromatic carbocycles. The van der Waals surface area contributed by atoms with Gasteiger partial charge in [0, 0.05) is 6.04 Å². The highest BCUT2D eigenvalue weighted by Crippen LogP contribution is 2.34. The largest absolute Gasteiger partial charge is 0.489 e. The van der Waals surface area contributed by atoms with E-state index in [1.165, 1.54) is 6.07 Å². The molecule has 1 aliphatic rings. The van der Waals surface area contributed by atoms with Crippen LogP contribution >= 0.6 is 0 Å². The second-order valence-electron chi connectivity index (χ2n) is 4.57. The van der Waals surface area contributed by atoms with Crippen molar-refractivity contribution in [3.8, 4) is 11.8 Å². The Labute approximate surface area is 108 Å². The van der Waals surface area contributed by atoms with E-state index in [1.54, 1.807) is 6.07 Å². The van der Waals surface area contributed by atoms with E-state index >= 15 is 0 Å². The summed E-state index contributed by atoms with van der Waals surface area (Å²) in [6.45, 7) is 0. The van der Waals surface area contributed by atoms with Crippen molar-refractivity contribution < 1.29 is 17.9 Å². The summed E-state index contributed by atoms with van der Waals surface area (Å²) in [7, 11) is 0. The molecule has 2 N–H and O–H groups in total. The number of benzene rings is 1. The van der Waals surface area contributed by atoms with Gasteiger partial charge in [0.15, 0.2) is 0 Å². The van der Waals surface area contributed by atoms with Crippen LogP contribution in [0.1, 0.15) is 30.4 Å². The second kappa shape index (κ2) is 5.10. The molecule has 0 radical (unpaired) electrons. The molecule has 0 spiro atoms. The quantitative estimate of drug-likeness (QED) is 0.899. The molecule has 3 nitrogen and oxygen atoms in total. The molecule has 0 amide bonds. The van der Waals surface area contributed by atoms with E-state index in [0.29, 0.717) is 0 Å². The molecule has 0 aromatic heterocycles. The van der Waals surface area contributed by atoms with Crippen LogP contribution < -0.4 is 10.5 Å². The van der Waals surface area contributed by atoms with Crippen molar-refractivity contribution in [3.05, 3.63) is 29.3 Å². The number of nitrogens with two attached hydrogens (primary N) is 1. The van der Waals surface area contributed by atoms with Gasteiger partial charge in [0.05, 0.1) is 17.2 Å². The monoisotopic (exact) mass is 270 g/mol. The molecule has 1 fully saturated rings. The van der Waals surface area contributed by atoms with E-state index in [9.17, 15) is 13.2 Å². The van der Waals surface area contributed by atoms with Crippen LogP contribution in [0.2, 0.25) is 0 Å². The van der Waals surface area contributed by atoms with Crippen molar-refractivity contribution in [2.24, 2.45) is 5.73 Å². The highest BCUT2D eigenvalue weighted by atomic mass is 19.4. The third-order valence-electron chi connectivity index (χ3n) is 3.21. The summed E-state index contributed by atoms with van der Waals surface area (Å²) in [6.07, 6.45) is -2.16. The normalized spacial score (nSPS) is 23.1. The van der Waals surface area contributed by atoms with Gasteiger partial charge in [-0.25, -0.2) is 0 Å². The Bertz CT molecular complexity index is 508. The van der Waals surface area contributed by atoms with E-state index in [0.717, 1.165) is 31.4 Å². The fraction of sp³-hybridized carbons (Fsp3) is 0.462. The average molecular weight is 270 g/mol. The fourth-order valence-corrected chi connectivity index (χ4v) is 2.21. The van der Waals surface area contributed by atoms with Gasteiger partial charge in [-0.1, -0.05) is 0 Å². The second-order valence-corrected chi connectivity index (χ2v) is 4.57. The molecule has 0 aliphatic heterocycles. The summed E-state index contributed by atoms with van der Waals surface area (Å²) in [5.41, 5.74) is 4.45. The zero-order valence-corrected chi connectivity index (χ0v) is 10.1. The standard InChI is InChI=1S/C13H13F3N2O/c14-13(15,16)10-5-4-9(6-8(10)7-17)19-12-3-1-2-11(12)18/h4-6,11-12H,1-3,18H2. The Morgan fingerprint density at radius 3 is 2.58 bits per heavy atom. The van der Waals surface area contributed by atoms with Crippen molar-refractivity contribution in [1.82, 2.24) is 0 Å². The summed E-state index contributed by atoms with van der Waals surface area (Å²) in [6, 6.07) is 4.66. The molecule has 19 heavy (non-hydrogen) atoms. The molecule has 1 aliphatic carbocycles. The Balaban J connectivity index is 2.23. The van der Waals surface area contributed by atoms with E-state index in [1.807, 2.05) is 0 Å². The lowest BCUT2D eigenvalue weighted by Gasteiger charge is -2.18. The van der Waals surface area contributed by atoms with Crippen LogP contribution in [0.4, 0.5) is 13.2 Å². The van der Waals surface area contributed by atoms with E-state index in [4.69, 9.17) is 15.7 Å². The van der Waals surface area contributed by atoms with Gasteiger partial charge in [0.1, 0.15) is 11.9 Å². The summed E-state index contributed by atoms with van der Waals surface area (Å²) < 4.78 is 43.4. The molecular formula is C13H13F3N2O. The highest BCUT2D eigenvalue weighted by Gasteiger charge is 2.34. The van der Waals surface area contributed by atoms with Crippen molar-refractivity contribution in [2.45, 2.75) is 37.6 Å². The number of ether oxygens (including phenoxy) is 1. The van der Waals surface area contributed by atoms with Crippen LogP contribution in [0.3, 0.4) is 0 Å². The fourth-order valence-electron chi connectivity index (χ4n) is 2.21. The summed E-state index contributed by atoms with van der Waals surface area (Å²) >= 11 is 0. The molecular weight excluding hydrogens is 257 g/mol.